The molecule has 0 unspecified atom stereocenters. The average Bonchev–Trinajstić information content (AvgIpc) is 2.77. The number of carbonyl (C=O) groups is 1. The lowest BCUT2D eigenvalue weighted by atomic mass is 10.0. The second-order valence-electron chi connectivity index (χ2n) is 6.70. The highest BCUT2D eigenvalue weighted by Crippen LogP contribution is 2.28. The van der Waals surface area contributed by atoms with E-state index in [1.807, 2.05) is 36.4 Å². The minimum absolute atomic E-state index is 0.262. The van der Waals surface area contributed by atoms with Crippen LogP contribution in [0, 0.1) is 0 Å². The summed E-state index contributed by atoms with van der Waals surface area (Å²) in [6.45, 7) is 3.45. The van der Waals surface area contributed by atoms with Crippen LogP contribution in [0.15, 0.2) is 72.8 Å². The molecule has 0 aliphatic heterocycles. The van der Waals surface area contributed by atoms with Gasteiger partial charge in [-0.05, 0) is 54.3 Å². The number of nitrogens with two attached hydrogens (primary N) is 1. The van der Waals surface area contributed by atoms with E-state index in [2.05, 4.69) is 53.5 Å². The number of carbonyl (C=O) groups excluding carboxylic acids is 1. The van der Waals surface area contributed by atoms with Crippen LogP contribution < -0.4 is 16.0 Å². The first-order valence-corrected chi connectivity index (χ1v) is 9.73. The molecule has 0 saturated heterocycles. The summed E-state index contributed by atoms with van der Waals surface area (Å²) >= 11 is 0. The van der Waals surface area contributed by atoms with Crippen molar-refractivity contribution in [1.29, 1.82) is 0 Å². The highest BCUT2D eigenvalue weighted by atomic mass is 16.7. The summed E-state index contributed by atoms with van der Waals surface area (Å²) < 4.78 is 5.94. The lowest BCUT2D eigenvalue weighted by Crippen LogP contribution is -2.10. The first-order chi connectivity index (χ1) is 14.2. The van der Waals surface area contributed by atoms with Crippen LogP contribution in [0.3, 0.4) is 0 Å². The lowest BCUT2D eigenvalue weighted by Gasteiger charge is -2.12. The van der Waals surface area contributed by atoms with Crippen LogP contribution in [0.25, 0.3) is 11.1 Å². The fraction of sp³-hybridized carbons (Fsp3) is 0.208. The maximum atomic E-state index is 11.1. The van der Waals surface area contributed by atoms with Gasteiger partial charge in [0.2, 0.25) is 0 Å². The highest BCUT2D eigenvalue weighted by Gasteiger charge is 2.06. The molecular formula is C24H26N2O3. The summed E-state index contributed by atoms with van der Waals surface area (Å²) in [4.78, 5) is 15.3. The standard InChI is InChI=1S/C24H26N2O3/c1-2-26-23-9-4-3-8-22(23)20-7-5-6-19(16-20)17-28-21-13-10-18(11-14-21)12-15-24(27)29-25/h3-11,13-14,16,26H,2,12,15,17,25H2,1H3. The van der Waals surface area contributed by atoms with Gasteiger partial charge in [0.15, 0.2) is 0 Å². The fourth-order valence-electron chi connectivity index (χ4n) is 3.13. The van der Waals surface area contributed by atoms with Crippen LogP contribution in [0.5, 0.6) is 5.75 Å². The molecule has 150 valence electrons. The second kappa shape index (κ2) is 10.3. The Balaban J connectivity index is 1.63. The number of benzene rings is 3. The molecule has 0 spiro atoms. The zero-order valence-corrected chi connectivity index (χ0v) is 16.6. The number of rotatable bonds is 9. The van der Waals surface area contributed by atoms with Crippen LogP contribution in [0.1, 0.15) is 24.5 Å². The molecule has 0 heterocycles. The van der Waals surface area contributed by atoms with Gasteiger partial charge in [0.1, 0.15) is 12.4 Å². The topological polar surface area (TPSA) is 73.6 Å². The minimum Gasteiger partial charge on any atom is -0.489 e. The molecule has 5 heteroatoms. The molecule has 0 radical (unpaired) electrons. The number of nitrogens with one attached hydrogen (secondary N) is 1. The third-order valence-electron chi connectivity index (χ3n) is 4.61. The van der Waals surface area contributed by atoms with Crippen molar-refractivity contribution in [2.45, 2.75) is 26.4 Å². The molecule has 0 amide bonds. The smallest absolute Gasteiger partial charge is 0.324 e. The van der Waals surface area contributed by atoms with Crippen LogP contribution in [-0.2, 0) is 22.7 Å². The third-order valence-corrected chi connectivity index (χ3v) is 4.61. The second-order valence-corrected chi connectivity index (χ2v) is 6.70. The summed E-state index contributed by atoms with van der Waals surface area (Å²) in [5, 5.41) is 3.41. The summed E-state index contributed by atoms with van der Waals surface area (Å²) in [6.07, 6.45) is 0.849. The molecule has 0 saturated carbocycles. The van der Waals surface area contributed by atoms with E-state index in [9.17, 15) is 4.79 Å². The van der Waals surface area contributed by atoms with Crippen LogP contribution in [0.2, 0.25) is 0 Å². The molecule has 0 atom stereocenters. The van der Waals surface area contributed by atoms with Crippen molar-refractivity contribution in [2.24, 2.45) is 5.90 Å². The van der Waals surface area contributed by atoms with E-state index in [1.165, 1.54) is 5.56 Å². The Morgan fingerprint density at radius 3 is 2.52 bits per heavy atom. The minimum atomic E-state index is -0.416. The van der Waals surface area contributed by atoms with Crippen molar-refractivity contribution < 1.29 is 14.4 Å². The molecule has 3 N–H and O–H groups in total. The Kier molecular flexibility index (Phi) is 7.25. The molecule has 0 fully saturated rings. The van der Waals surface area contributed by atoms with E-state index >= 15 is 0 Å². The van der Waals surface area contributed by atoms with E-state index in [1.54, 1.807) is 0 Å². The van der Waals surface area contributed by atoms with Gasteiger partial charge < -0.3 is 14.9 Å². The first-order valence-electron chi connectivity index (χ1n) is 9.73. The molecule has 3 rings (SSSR count). The maximum Gasteiger partial charge on any atom is 0.324 e. The van der Waals surface area contributed by atoms with Gasteiger partial charge in [0.25, 0.3) is 0 Å². The number of ether oxygens (including phenoxy) is 1. The molecule has 0 aliphatic carbocycles. The molecular weight excluding hydrogens is 364 g/mol. The largest absolute Gasteiger partial charge is 0.489 e. The normalized spacial score (nSPS) is 10.4. The Labute approximate surface area is 171 Å². The van der Waals surface area contributed by atoms with E-state index in [-0.39, 0.29) is 6.42 Å². The monoisotopic (exact) mass is 390 g/mol. The van der Waals surface area contributed by atoms with Crippen LogP contribution in [0.4, 0.5) is 5.69 Å². The van der Waals surface area contributed by atoms with Crippen LogP contribution in [-0.4, -0.2) is 12.5 Å². The van der Waals surface area contributed by atoms with Crippen molar-refractivity contribution in [3.63, 3.8) is 0 Å². The predicted molar refractivity (Wildman–Crippen MR) is 115 cm³/mol. The average molecular weight is 390 g/mol. The van der Waals surface area contributed by atoms with Crippen molar-refractivity contribution in [3.8, 4) is 16.9 Å². The van der Waals surface area contributed by atoms with Gasteiger partial charge in [-0.15, -0.1) is 0 Å². The summed E-state index contributed by atoms with van der Waals surface area (Å²) in [5.41, 5.74) is 5.59. The number of anilines is 1. The Morgan fingerprint density at radius 1 is 0.966 bits per heavy atom. The highest BCUT2D eigenvalue weighted by molar-refractivity contribution is 5.78. The van der Waals surface area contributed by atoms with E-state index in [0.717, 1.165) is 34.7 Å². The van der Waals surface area contributed by atoms with Crippen molar-refractivity contribution in [2.75, 3.05) is 11.9 Å². The summed E-state index contributed by atoms with van der Waals surface area (Å²) in [6, 6.07) is 24.4. The molecule has 5 nitrogen and oxygen atoms in total. The quantitative estimate of drug-likeness (QED) is 0.518. The van der Waals surface area contributed by atoms with E-state index < -0.39 is 5.97 Å². The van der Waals surface area contributed by atoms with Gasteiger partial charge in [-0.2, -0.15) is 5.90 Å². The van der Waals surface area contributed by atoms with Gasteiger partial charge in [-0.1, -0.05) is 48.5 Å². The van der Waals surface area contributed by atoms with Gasteiger partial charge in [-0.25, -0.2) is 0 Å². The summed E-state index contributed by atoms with van der Waals surface area (Å²) in [7, 11) is 0. The SMILES string of the molecule is CCNc1ccccc1-c1cccc(COc2ccc(CCC(=O)ON)cc2)c1. The van der Waals surface area contributed by atoms with Gasteiger partial charge in [0, 0.05) is 17.8 Å². The molecule has 0 bridgehead atoms. The number of hydrogen-bond donors (Lipinski definition) is 2. The number of hydrogen-bond acceptors (Lipinski definition) is 5. The summed E-state index contributed by atoms with van der Waals surface area (Å²) in [5.74, 6) is 5.22. The van der Waals surface area contributed by atoms with Crippen LogP contribution >= 0.6 is 0 Å². The van der Waals surface area contributed by atoms with Crippen molar-refractivity contribution in [3.05, 3.63) is 83.9 Å². The fourth-order valence-corrected chi connectivity index (χ4v) is 3.13. The zero-order valence-electron chi connectivity index (χ0n) is 16.6. The molecule has 0 aliphatic rings. The Bertz CT molecular complexity index is 939. The van der Waals surface area contributed by atoms with E-state index in [0.29, 0.717) is 13.0 Å². The molecule has 0 aromatic heterocycles. The Morgan fingerprint density at radius 2 is 1.76 bits per heavy atom. The predicted octanol–water partition coefficient (Wildman–Crippen LogP) is 4.71. The van der Waals surface area contributed by atoms with Gasteiger partial charge in [-0.3, -0.25) is 4.79 Å². The zero-order chi connectivity index (χ0) is 20.5. The van der Waals surface area contributed by atoms with Crippen molar-refractivity contribution in [1.82, 2.24) is 0 Å². The molecule has 29 heavy (non-hydrogen) atoms. The molecule has 3 aromatic rings. The van der Waals surface area contributed by atoms with Gasteiger partial charge in [0.05, 0.1) is 6.42 Å². The third kappa shape index (κ3) is 5.83. The van der Waals surface area contributed by atoms with E-state index in [4.69, 9.17) is 10.6 Å². The van der Waals surface area contributed by atoms with Crippen molar-refractivity contribution >= 4 is 11.7 Å². The molecule has 3 aromatic carbocycles. The lowest BCUT2D eigenvalue weighted by molar-refractivity contribution is -0.144. The number of para-hydroxylation sites is 1. The van der Waals surface area contributed by atoms with Gasteiger partial charge >= 0.3 is 5.97 Å². The first kappa shape index (κ1) is 20.4. The Hall–Kier alpha value is -3.31. The number of aryl methyl sites for hydroxylation is 1. The maximum absolute atomic E-state index is 11.1.